The number of carbonyl (C=O) groups excluding carboxylic acids is 1. The number of alkyl halides is 2. The van der Waals surface area contributed by atoms with Gasteiger partial charge in [0.2, 0.25) is 5.91 Å². The molecule has 0 saturated heterocycles. The molecule has 1 amide bonds. The van der Waals surface area contributed by atoms with Crippen molar-refractivity contribution in [3.63, 3.8) is 0 Å². The van der Waals surface area contributed by atoms with Crippen molar-refractivity contribution >= 4 is 34.2 Å². The lowest BCUT2D eigenvalue weighted by atomic mass is 10.3. The highest BCUT2D eigenvalue weighted by Crippen LogP contribution is 2.29. The summed E-state index contributed by atoms with van der Waals surface area (Å²) in [4.78, 5) is 24.6. The minimum absolute atomic E-state index is 0.0644. The molecule has 3 aromatic rings. The Morgan fingerprint density at radius 2 is 1.92 bits per heavy atom. The number of anilines is 1. The van der Waals surface area contributed by atoms with Gasteiger partial charge in [-0.25, -0.2) is 4.79 Å². The molecule has 0 atom stereocenters. The van der Waals surface area contributed by atoms with Crippen LogP contribution in [0.5, 0.6) is 5.75 Å². The van der Waals surface area contributed by atoms with Gasteiger partial charge in [0.1, 0.15) is 12.3 Å². The van der Waals surface area contributed by atoms with E-state index in [0.717, 1.165) is 0 Å². The third kappa shape index (κ3) is 3.55. The van der Waals surface area contributed by atoms with Gasteiger partial charge in [0.25, 0.3) is 0 Å². The molecule has 0 aliphatic heterocycles. The number of fused-ring (bicyclic) bond motifs is 1. The molecule has 0 aliphatic carbocycles. The predicted molar refractivity (Wildman–Crippen MR) is 93.9 cm³/mol. The first-order chi connectivity index (χ1) is 12.4. The third-order valence-corrected chi connectivity index (χ3v) is 4.08. The van der Waals surface area contributed by atoms with Gasteiger partial charge in [-0.05, 0) is 30.3 Å². The average molecular weight is 382 g/mol. The first-order valence-electron chi connectivity index (χ1n) is 7.55. The summed E-state index contributed by atoms with van der Waals surface area (Å²) in [6.07, 6.45) is 0. The maximum absolute atomic E-state index is 12.3. The zero-order valence-corrected chi connectivity index (χ0v) is 14.3. The smallest absolute Gasteiger partial charge is 0.387 e. The Hall–Kier alpha value is -2.87. The van der Waals surface area contributed by atoms with Crippen LogP contribution in [-0.4, -0.2) is 21.7 Å². The van der Waals surface area contributed by atoms with Crippen LogP contribution in [0.3, 0.4) is 0 Å². The predicted octanol–water partition coefficient (Wildman–Crippen LogP) is 3.23. The summed E-state index contributed by atoms with van der Waals surface area (Å²) in [7, 11) is 1.63. The highest BCUT2D eigenvalue weighted by atomic mass is 35.5. The molecule has 0 bridgehead atoms. The second kappa shape index (κ2) is 7.17. The molecule has 2 aromatic carbocycles. The van der Waals surface area contributed by atoms with Crippen LogP contribution >= 0.6 is 11.6 Å². The number of rotatable bonds is 5. The molecule has 9 heteroatoms. The van der Waals surface area contributed by atoms with E-state index in [4.69, 9.17) is 11.6 Å². The standard InChI is InChI=1S/C17H14ClF2N3O3/c1-22-12-4-2-3-5-13(12)23(17(22)25)9-15(24)21-10-6-7-14(11(18)8-10)26-16(19)20/h2-8,16H,9H2,1H3,(H,21,24). The Labute approximate surface area is 151 Å². The number of nitrogens with zero attached hydrogens (tertiary/aromatic N) is 2. The highest BCUT2D eigenvalue weighted by Gasteiger charge is 2.14. The van der Waals surface area contributed by atoms with Crippen LogP contribution in [0.2, 0.25) is 5.02 Å². The molecule has 1 N–H and O–H groups in total. The number of amides is 1. The van der Waals surface area contributed by atoms with Crippen molar-refractivity contribution in [2.75, 3.05) is 5.32 Å². The number of aromatic nitrogens is 2. The van der Waals surface area contributed by atoms with Crippen molar-refractivity contribution in [2.45, 2.75) is 13.2 Å². The quantitative estimate of drug-likeness (QED) is 0.738. The van der Waals surface area contributed by atoms with E-state index in [1.54, 1.807) is 31.3 Å². The van der Waals surface area contributed by atoms with E-state index < -0.39 is 12.5 Å². The number of imidazole rings is 1. The molecule has 1 aromatic heterocycles. The monoisotopic (exact) mass is 381 g/mol. The fourth-order valence-corrected chi connectivity index (χ4v) is 2.86. The van der Waals surface area contributed by atoms with Gasteiger partial charge in [0, 0.05) is 12.7 Å². The maximum atomic E-state index is 12.3. The number of halogens is 3. The molecule has 136 valence electrons. The molecule has 0 spiro atoms. The van der Waals surface area contributed by atoms with Crippen molar-refractivity contribution in [3.05, 3.63) is 58.0 Å². The summed E-state index contributed by atoms with van der Waals surface area (Å²) >= 11 is 5.86. The fraction of sp³-hybridized carbons (Fsp3) is 0.176. The Balaban J connectivity index is 1.79. The molecule has 3 rings (SSSR count). The number of aryl methyl sites for hydroxylation is 1. The minimum atomic E-state index is -2.99. The minimum Gasteiger partial charge on any atom is -0.433 e. The van der Waals surface area contributed by atoms with Gasteiger partial charge >= 0.3 is 12.3 Å². The maximum Gasteiger partial charge on any atom is 0.387 e. The second-order valence-electron chi connectivity index (χ2n) is 5.49. The van der Waals surface area contributed by atoms with Gasteiger partial charge in [-0.2, -0.15) is 8.78 Å². The Kier molecular flexibility index (Phi) is 4.94. The number of hydrogen-bond acceptors (Lipinski definition) is 3. The lowest BCUT2D eigenvalue weighted by molar-refractivity contribution is -0.116. The summed E-state index contributed by atoms with van der Waals surface area (Å²) in [5.41, 5.74) is 1.32. The molecule has 0 fully saturated rings. The van der Waals surface area contributed by atoms with Crippen LogP contribution < -0.4 is 15.7 Å². The molecule has 0 saturated carbocycles. The van der Waals surface area contributed by atoms with Crippen molar-refractivity contribution in [3.8, 4) is 5.75 Å². The van der Waals surface area contributed by atoms with Crippen LogP contribution in [0.4, 0.5) is 14.5 Å². The normalized spacial score (nSPS) is 11.1. The molecule has 1 heterocycles. The van der Waals surface area contributed by atoms with Gasteiger partial charge in [0.15, 0.2) is 0 Å². The molecule has 0 radical (unpaired) electrons. The topological polar surface area (TPSA) is 65.3 Å². The molecule has 0 unspecified atom stereocenters. The number of nitrogens with one attached hydrogen (secondary N) is 1. The molecule has 0 aliphatic rings. The van der Waals surface area contributed by atoms with Crippen molar-refractivity contribution in [1.29, 1.82) is 0 Å². The van der Waals surface area contributed by atoms with Gasteiger partial charge in [-0.15, -0.1) is 0 Å². The van der Waals surface area contributed by atoms with E-state index >= 15 is 0 Å². The first-order valence-corrected chi connectivity index (χ1v) is 7.93. The van der Waals surface area contributed by atoms with E-state index in [-0.39, 0.29) is 23.0 Å². The van der Waals surface area contributed by atoms with Gasteiger partial charge in [-0.3, -0.25) is 13.9 Å². The van der Waals surface area contributed by atoms with E-state index in [9.17, 15) is 18.4 Å². The van der Waals surface area contributed by atoms with E-state index in [1.165, 1.54) is 27.3 Å². The largest absolute Gasteiger partial charge is 0.433 e. The van der Waals surface area contributed by atoms with Gasteiger partial charge < -0.3 is 10.1 Å². The van der Waals surface area contributed by atoms with Crippen LogP contribution in [0.1, 0.15) is 0 Å². The summed E-state index contributed by atoms with van der Waals surface area (Å²) < 4.78 is 31.5. The second-order valence-corrected chi connectivity index (χ2v) is 5.90. The fourth-order valence-electron chi connectivity index (χ4n) is 2.63. The lowest BCUT2D eigenvalue weighted by Crippen LogP contribution is -2.28. The average Bonchev–Trinajstić information content (AvgIpc) is 2.82. The van der Waals surface area contributed by atoms with Crippen LogP contribution in [-0.2, 0) is 18.4 Å². The van der Waals surface area contributed by atoms with E-state index in [1.807, 2.05) is 0 Å². The lowest BCUT2D eigenvalue weighted by Gasteiger charge is -2.10. The Bertz CT molecular complexity index is 1030. The summed E-state index contributed by atoms with van der Waals surface area (Å²) in [5.74, 6) is -0.646. The number of hydrogen-bond donors (Lipinski definition) is 1. The SMILES string of the molecule is Cn1c(=O)n(CC(=O)Nc2ccc(OC(F)F)c(Cl)c2)c2ccccc21. The number of ether oxygens (including phenoxy) is 1. The van der Waals surface area contributed by atoms with Crippen LogP contribution in [0, 0.1) is 0 Å². The summed E-state index contributed by atoms with van der Waals surface area (Å²) in [6, 6.07) is 11.0. The van der Waals surface area contributed by atoms with E-state index in [2.05, 4.69) is 10.1 Å². The van der Waals surface area contributed by atoms with Crippen LogP contribution in [0.15, 0.2) is 47.3 Å². The molecule has 26 heavy (non-hydrogen) atoms. The Morgan fingerprint density at radius 3 is 2.58 bits per heavy atom. The molecule has 6 nitrogen and oxygen atoms in total. The molecular weight excluding hydrogens is 368 g/mol. The number of benzene rings is 2. The van der Waals surface area contributed by atoms with Gasteiger partial charge in [-0.1, -0.05) is 23.7 Å². The highest BCUT2D eigenvalue weighted by molar-refractivity contribution is 6.32. The van der Waals surface area contributed by atoms with Gasteiger partial charge in [0.05, 0.1) is 16.1 Å². The summed E-state index contributed by atoms with van der Waals surface area (Å²) in [5, 5.41) is 2.51. The first kappa shape index (κ1) is 17.9. The summed E-state index contributed by atoms with van der Waals surface area (Å²) in [6.45, 7) is -3.20. The molecular formula is C17H14ClF2N3O3. The van der Waals surface area contributed by atoms with Crippen molar-refractivity contribution in [1.82, 2.24) is 9.13 Å². The number of para-hydroxylation sites is 2. The zero-order chi connectivity index (χ0) is 18.8. The number of carbonyl (C=O) groups is 1. The zero-order valence-electron chi connectivity index (χ0n) is 13.6. The van der Waals surface area contributed by atoms with Crippen molar-refractivity contribution < 1.29 is 18.3 Å². The third-order valence-electron chi connectivity index (χ3n) is 3.79. The van der Waals surface area contributed by atoms with Crippen LogP contribution in [0.25, 0.3) is 11.0 Å². The Morgan fingerprint density at radius 1 is 1.23 bits per heavy atom. The van der Waals surface area contributed by atoms with Crippen molar-refractivity contribution in [2.24, 2.45) is 7.05 Å². The van der Waals surface area contributed by atoms with E-state index in [0.29, 0.717) is 16.7 Å².